The number of rotatable bonds is 31. The highest BCUT2D eigenvalue weighted by atomic mass is 35.5. The van der Waals surface area contributed by atoms with E-state index >= 15 is 0 Å². The standard InChI is InChI=1S/2C28H33F3N6O2.C14H11ClF3N3O.C14H23N3O/c2*1-5-37(6-2)14-13-33-26(38)19-11-12-22(18(3)15-19)36-25-16-24(21(17-34-25)28(29,30)31)35-23-10-8-7-9-20(23)27(39)32-4;1-19-13(22)8-4-2-3-5-10(8)21-11-6-12(15)20-7-9(11)14(16,17)18;1-4-17(5-2)9-8-16-14(18)12-6-7-13(15)11(3)10-12/h2*7-12,15-17H,5-6,13-14H2,1-4H3,(H,32,39)(H,33,38)(H2,34,35,36);2-7H,1H3,(H,19,22)(H,20,21);6-7,10H,4-5,8-9,15H2,1-3H3,(H,16,18). The molecule has 6 amide bonds. The van der Waals surface area contributed by atoms with Crippen LogP contribution in [-0.2, 0) is 18.5 Å². The summed E-state index contributed by atoms with van der Waals surface area (Å²) in [6.45, 7) is 27.7. The number of alkyl halides is 9. The van der Waals surface area contributed by atoms with Gasteiger partial charge in [-0.15, -0.1) is 0 Å². The molecular formula is C84H100ClF9N18O6. The molecule has 24 nitrogen and oxygen atoms in total. The second-order valence-corrected chi connectivity index (χ2v) is 26.6. The summed E-state index contributed by atoms with van der Waals surface area (Å²) in [7, 11) is 4.32. The minimum Gasteiger partial charge on any atom is -0.399 e. The first-order valence-corrected chi connectivity index (χ1v) is 38.2. The predicted octanol–water partition coefficient (Wildman–Crippen LogP) is 16.2. The Labute approximate surface area is 685 Å². The third-order valence-corrected chi connectivity index (χ3v) is 18.7. The predicted molar refractivity (Wildman–Crippen MR) is 447 cm³/mol. The number of amides is 6. The van der Waals surface area contributed by atoms with Crippen molar-refractivity contribution in [3.63, 3.8) is 0 Å². The number of anilines is 11. The molecule has 34 heteroatoms. The zero-order valence-corrected chi connectivity index (χ0v) is 68.3. The number of hydrogen-bond donors (Lipinski definition) is 12. The first-order chi connectivity index (χ1) is 56.0. The molecule has 0 bridgehead atoms. The van der Waals surface area contributed by atoms with Crippen molar-refractivity contribution >= 4 is 110 Å². The van der Waals surface area contributed by atoms with E-state index in [0.717, 1.165) is 88.6 Å². The van der Waals surface area contributed by atoms with Gasteiger partial charge in [-0.05, 0) is 174 Å². The van der Waals surface area contributed by atoms with E-state index in [2.05, 4.69) is 130 Å². The van der Waals surface area contributed by atoms with Crippen LogP contribution in [0.2, 0.25) is 5.15 Å². The highest BCUT2D eigenvalue weighted by molar-refractivity contribution is 6.29. The molecule has 13 N–H and O–H groups in total. The molecule has 0 aliphatic carbocycles. The third kappa shape index (κ3) is 28.4. The monoisotopic (exact) mass is 1660 g/mol. The Hall–Kier alpha value is -12.1. The van der Waals surface area contributed by atoms with E-state index in [1.165, 1.54) is 69.7 Å². The molecule has 6 aromatic carbocycles. The van der Waals surface area contributed by atoms with Crippen molar-refractivity contribution in [1.82, 2.24) is 61.6 Å². The zero-order chi connectivity index (χ0) is 87.0. The van der Waals surface area contributed by atoms with Crippen LogP contribution in [-0.4, -0.2) is 165 Å². The third-order valence-electron chi connectivity index (χ3n) is 18.5. The van der Waals surface area contributed by atoms with E-state index in [0.29, 0.717) is 65.0 Å². The van der Waals surface area contributed by atoms with Crippen LogP contribution in [0.25, 0.3) is 0 Å². The Morgan fingerprint density at radius 1 is 0.356 bits per heavy atom. The molecule has 9 rings (SSSR count). The van der Waals surface area contributed by atoms with Gasteiger partial charge in [0.1, 0.15) is 16.8 Å². The maximum absolute atomic E-state index is 13.8. The van der Waals surface area contributed by atoms with Gasteiger partial charge >= 0.3 is 18.5 Å². The first-order valence-electron chi connectivity index (χ1n) is 37.8. The first kappa shape index (κ1) is 94.8. The van der Waals surface area contributed by atoms with E-state index in [-0.39, 0.29) is 85.3 Å². The molecule has 632 valence electrons. The summed E-state index contributed by atoms with van der Waals surface area (Å²) >= 11 is 5.67. The lowest BCUT2D eigenvalue weighted by atomic mass is 10.1. The van der Waals surface area contributed by atoms with Gasteiger partial charge in [-0.25, -0.2) is 15.0 Å². The van der Waals surface area contributed by atoms with Gasteiger partial charge in [0.25, 0.3) is 35.4 Å². The number of aryl methyl sites for hydroxylation is 3. The summed E-state index contributed by atoms with van der Waals surface area (Å²) in [5.74, 6) is -1.43. The Balaban J connectivity index is 0.000000256. The second kappa shape index (κ2) is 45.4. The summed E-state index contributed by atoms with van der Waals surface area (Å²) < 4.78 is 122. The molecule has 0 radical (unpaired) electrons. The molecule has 0 atom stereocenters. The number of nitrogens with two attached hydrogens (primary N) is 1. The lowest BCUT2D eigenvalue weighted by molar-refractivity contribution is -0.138. The number of carbonyl (C=O) groups is 6. The molecule has 0 fully saturated rings. The largest absolute Gasteiger partial charge is 0.419 e. The van der Waals surface area contributed by atoms with E-state index < -0.39 is 52.9 Å². The van der Waals surface area contributed by atoms with Crippen molar-refractivity contribution in [3.05, 3.63) is 236 Å². The van der Waals surface area contributed by atoms with Crippen LogP contribution in [0.3, 0.4) is 0 Å². The number of aromatic nitrogens is 3. The molecule has 118 heavy (non-hydrogen) atoms. The maximum Gasteiger partial charge on any atom is 0.419 e. The minimum absolute atomic E-state index is 0.0368. The molecule has 0 spiro atoms. The van der Waals surface area contributed by atoms with Gasteiger partial charge in [0, 0.05) is 125 Å². The normalized spacial score (nSPS) is 11.2. The molecular weight excluding hydrogens is 1560 g/mol. The molecule has 0 aliphatic heterocycles. The fourth-order valence-electron chi connectivity index (χ4n) is 11.6. The van der Waals surface area contributed by atoms with Crippen LogP contribution in [0.4, 0.5) is 102 Å². The summed E-state index contributed by atoms with van der Waals surface area (Å²) in [5, 5.41) is 30.2. The van der Waals surface area contributed by atoms with E-state index in [1.807, 2.05) is 13.0 Å². The Morgan fingerprint density at radius 3 is 0.932 bits per heavy atom. The molecule has 0 saturated heterocycles. The smallest absolute Gasteiger partial charge is 0.399 e. The van der Waals surface area contributed by atoms with E-state index in [4.69, 9.17) is 17.3 Å². The highest BCUT2D eigenvalue weighted by Crippen LogP contribution is 2.41. The van der Waals surface area contributed by atoms with Crippen molar-refractivity contribution in [2.75, 3.05) is 132 Å². The quantitative estimate of drug-likeness (QED) is 0.0109. The lowest BCUT2D eigenvalue weighted by Gasteiger charge is -2.18. The summed E-state index contributed by atoms with van der Waals surface area (Å²) in [6, 6.07) is 37.7. The summed E-state index contributed by atoms with van der Waals surface area (Å²) in [5.41, 5.74) is 9.13. The van der Waals surface area contributed by atoms with Crippen LogP contribution < -0.4 is 64.2 Å². The lowest BCUT2D eigenvalue weighted by Crippen LogP contribution is -2.34. The van der Waals surface area contributed by atoms with Gasteiger partial charge in [-0.3, -0.25) is 28.8 Å². The second-order valence-electron chi connectivity index (χ2n) is 26.3. The van der Waals surface area contributed by atoms with Crippen molar-refractivity contribution in [3.8, 4) is 0 Å². The fraction of sp³-hybridized carbons (Fsp3) is 0.321. The number of hydrogen-bond acceptors (Lipinski definition) is 18. The number of benzene rings is 6. The maximum atomic E-state index is 13.8. The van der Waals surface area contributed by atoms with Crippen LogP contribution in [0.15, 0.2) is 164 Å². The van der Waals surface area contributed by atoms with Gasteiger partial charge in [0.2, 0.25) is 0 Å². The van der Waals surface area contributed by atoms with E-state index in [1.54, 1.807) is 98.8 Å². The molecule has 0 saturated carbocycles. The van der Waals surface area contributed by atoms with Gasteiger partial charge < -0.3 is 78.9 Å². The molecule has 3 aromatic heterocycles. The highest BCUT2D eigenvalue weighted by Gasteiger charge is 2.37. The van der Waals surface area contributed by atoms with Crippen molar-refractivity contribution < 1.29 is 68.3 Å². The number of nitrogens with zero attached hydrogens (tertiary/aromatic N) is 6. The van der Waals surface area contributed by atoms with Crippen molar-refractivity contribution in [2.45, 2.75) is 80.8 Å². The summed E-state index contributed by atoms with van der Waals surface area (Å²) in [6.07, 6.45) is -11.8. The number of likely N-dealkylation sites (N-methyl/N-ethyl adjacent to an activating group) is 3. The number of carbonyl (C=O) groups excluding carboxylic acids is 6. The van der Waals surface area contributed by atoms with Gasteiger partial charge in [0.05, 0.1) is 67.5 Å². The Kier molecular flexibility index (Phi) is 36.5. The zero-order valence-electron chi connectivity index (χ0n) is 67.6. The average Bonchev–Trinajstić information content (AvgIpc) is 0.800. The molecule has 0 unspecified atom stereocenters. The van der Waals surface area contributed by atoms with Crippen LogP contribution in [0.1, 0.15) is 137 Å². The fourth-order valence-corrected chi connectivity index (χ4v) is 11.7. The van der Waals surface area contributed by atoms with Gasteiger partial charge in [-0.1, -0.05) is 89.5 Å². The van der Waals surface area contributed by atoms with Crippen LogP contribution >= 0.6 is 11.6 Å². The van der Waals surface area contributed by atoms with Crippen LogP contribution in [0, 0.1) is 20.8 Å². The van der Waals surface area contributed by atoms with E-state index in [9.17, 15) is 68.3 Å². The Morgan fingerprint density at radius 2 is 0.644 bits per heavy atom. The number of halogens is 10. The Bertz CT molecular complexity index is 4670. The average molecular weight is 1660 g/mol. The van der Waals surface area contributed by atoms with Crippen molar-refractivity contribution in [1.29, 1.82) is 0 Å². The number of nitrogen functional groups attached to an aromatic ring is 1. The number of nitrogens with one attached hydrogen (secondary N) is 11. The SMILES string of the molecule is CCN(CC)CCNC(=O)c1ccc(N)c(C)c1.CCN(CC)CCNC(=O)c1ccc(Nc2cc(Nc3ccccc3C(=O)NC)c(C(F)(F)F)cn2)c(C)c1.CCN(CC)CCNC(=O)c1ccc(Nc2cc(Nc3ccccc3C(=O)NC)c(C(F)(F)F)cn2)c(C)c1.CNC(=O)c1ccccc1Nc1cc(Cl)ncc1C(F)(F)F. The van der Waals surface area contributed by atoms with Gasteiger partial charge in [-0.2, -0.15) is 39.5 Å². The number of para-hydroxylation sites is 3. The van der Waals surface area contributed by atoms with Crippen LogP contribution in [0.5, 0.6) is 0 Å². The minimum atomic E-state index is -4.67. The molecule has 9 aromatic rings. The summed E-state index contributed by atoms with van der Waals surface area (Å²) in [4.78, 5) is 91.3. The topological polar surface area (TPSA) is 309 Å². The van der Waals surface area contributed by atoms with Crippen molar-refractivity contribution in [2.24, 2.45) is 0 Å². The number of pyridine rings is 3. The molecule has 3 heterocycles. The van der Waals surface area contributed by atoms with Gasteiger partial charge in [0.15, 0.2) is 0 Å². The molecule has 0 aliphatic rings.